The number of hydrogen-bond acceptors (Lipinski definition) is 4. The predicted molar refractivity (Wildman–Crippen MR) is 110 cm³/mol. The first-order valence-corrected chi connectivity index (χ1v) is 9.74. The van der Waals surface area contributed by atoms with E-state index in [2.05, 4.69) is 10.2 Å². The molecule has 148 valence electrons. The minimum atomic E-state index is -0.267. The summed E-state index contributed by atoms with van der Waals surface area (Å²) < 4.78 is 5.36. The number of nitrogens with zero attached hydrogens (tertiary/aromatic N) is 2. The standard InChI is InChI=1S/C21H24ClN3O3/c1-2-28-19-9-3-16(4-10-19)21(27)23-15-20(26)25-13-11-24(12-14-25)18-7-5-17(22)6-8-18/h3-10H,2,11-15H2,1H3,(H,23,27). The minimum absolute atomic E-state index is 0.00695. The number of anilines is 1. The lowest BCUT2D eigenvalue weighted by atomic mass is 10.2. The van der Waals surface area contributed by atoms with Crippen molar-refractivity contribution in [2.45, 2.75) is 6.92 Å². The first-order valence-electron chi connectivity index (χ1n) is 9.36. The molecule has 7 heteroatoms. The lowest BCUT2D eigenvalue weighted by Crippen LogP contribution is -2.51. The molecule has 3 rings (SSSR count). The molecule has 1 fully saturated rings. The maximum atomic E-state index is 12.4. The summed E-state index contributed by atoms with van der Waals surface area (Å²) in [5.74, 6) is 0.375. The summed E-state index contributed by atoms with van der Waals surface area (Å²) in [5.41, 5.74) is 1.60. The van der Waals surface area contributed by atoms with Crippen molar-refractivity contribution in [3.63, 3.8) is 0 Å². The number of benzene rings is 2. The van der Waals surface area contributed by atoms with Gasteiger partial charge in [0.05, 0.1) is 13.2 Å². The highest BCUT2D eigenvalue weighted by Crippen LogP contribution is 2.19. The van der Waals surface area contributed by atoms with Crippen molar-refractivity contribution >= 4 is 29.1 Å². The number of carbonyl (C=O) groups excluding carboxylic acids is 2. The Hall–Kier alpha value is -2.73. The Morgan fingerprint density at radius 1 is 1.00 bits per heavy atom. The summed E-state index contributed by atoms with van der Waals surface area (Å²) in [6.45, 7) is 5.22. The number of carbonyl (C=O) groups is 2. The molecule has 2 aromatic carbocycles. The van der Waals surface area contributed by atoms with Gasteiger partial charge in [0, 0.05) is 42.5 Å². The molecular weight excluding hydrogens is 378 g/mol. The van der Waals surface area contributed by atoms with Gasteiger partial charge >= 0.3 is 0 Å². The molecule has 0 atom stereocenters. The third kappa shape index (κ3) is 5.16. The van der Waals surface area contributed by atoms with Gasteiger partial charge in [0.2, 0.25) is 5.91 Å². The lowest BCUT2D eigenvalue weighted by Gasteiger charge is -2.36. The Morgan fingerprint density at radius 2 is 1.64 bits per heavy atom. The largest absolute Gasteiger partial charge is 0.494 e. The second-order valence-corrected chi connectivity index (χ2v) is 6.92. The van der Waals surface area contributed by atoms with Crippen molar-refractivity contribution in [2.75, 3.05) is 44.2 Å². The quantitative estimate of drug-likeness (QED) is 0.808. The highest BCUT2D eigenvalue weighted by Gasteiger charge is 2.21. The van der Waals surface area contributed by atoms with E-state index < -0.39 is 0 Å². The molecule has 2 amide bonds. The van der Waals surface area contributed by atoms with Crippen molar-refractivity contribution in [2.24, 2.45) is 0 Å². The van der Waals surface area contributed by atoms with E-state index in [0.29, 0.717) is 36.0 Å². The molecule has 0 unspecified atom stereocenters. The van der Waals surface area contributed by atoms with Crippen molar-refractivity contribution in [1.82, 2.24) is 10.2 Å². The Morgan fingerprint density at radius 3 is 2.25 bits per heavy atom. The molecule has 1 heterocycles. The molecule has 6 nitrogen and oxygen atoms in total. The van der Waals surface area contributed by atoms with E-state index >= 15 is 0 Å². The van der Waals surface area contributed by atoms with E-state index in [4.69, 9.17) is 16.3 Å². The van der Waals surface area contributed by atoms with Crippen LogP contribution >= 0.6 is 11.6 Å². The van der Waals surface area contributed by atoms with Crippen LogP contribution in [0.2, 0.25) is 5.02 Å². The van der Waals surface area contributed by atoms with Crippen LogP contribution in [-0.4, -0.2) is 56.0 Å². The van der Waals surface area contributed by atoms with Crippen molar-refractivity contribution in [3.05, 3.63) is 59.1 Å². The number of halogens is 1. The van der Waals surface area contributed by atoms with Crippen molar-refractivity contribution < 1.29 is 14.3 Å². The SMILES string of the molecule is CCOc1ccc(C(=O)NCC(=O)N2CCN(c3ccc(Cl)cc3)CC2)cc1. The van der Waals surface area contributed by atoms with Crippen LogP contribution in [0.25, 0.3) is 0 Å². The molecule has 0 spiro atoms. The minimum Gasteiger partial charge on any atom is -0.494 e. The summed E-state index contributed by atoms with van der Waals surface area (Å²) in [6, 6.07) is 14.6. The van der Waals surface area contributed by atoms with Gasteiger partial charge in [0.25, 0.3) is 5.91 Å². The first-order chi connectivity index (χ1) is 13.6. The maximum Gasteiger partial charge on any atom is 0.251 e. The molecule has 0 radical (unpaired) electrons. The van der Waals surface area contributed by atoms with Crippen LogP contribution in [0.3, 0.4) is 0 Å². The predicted octanol–water partition coefficient (Wildman–Crippen LogP) is 2.82. The first kappa shape index (κ1) is 20.0. The summed E-state index contributed by atoms with van der Waals surface area (Å²) in [7, 11) is 0. The smallest absolute Gasteiger partial charge is 0.251 e. The van der Waals surface area contributed by atoms with Gasteiger partial charge in [-0.25, -0.2) is 0 Å². The molecule has 1 N–H and O–H groups in total. The topological polar surface area (TPSA) is 61.9 Å². The van der Waals surface area contributed by atoms with Crippen LogP contribution in [0.5, 0.6) is 5.75 Å². The van der Waals surface area contributed by atoms with Crippen LogP contribution < -0.4 is 15.0 Å². The van der Waals surface area contributed by atoms with Gasteiger partial charge in [-0.3, -0.25) is 9.59 Å². The second kappa shape index (κ2) is 9.46. The Kier molecular flexibility index (Phi) is 6.76. The van der Waals surface area contributed by atoms with E-state index in [9.17, 15) is 9.59 Å². The van der Waals surface area contributed by atoms with E-state index in [1.165, 1.54) is 0 Å². The molecule has 1 aliphatic heterocycles. The van der Waals surface area contributed by atoms with E-state index in [1.54, 1.807) is 29.2 Å². The fourth-order valence-electron chi connectivity index (χ4n) is 3.10. The fourth-order valence-corrected chi connectivity index (χ4v) is 3.23. The maximum absolute atomic E-state index is 12.4. The van der Waals surface area contributed by atoms with Gasteiger partial charge < -0.3 is 19.9 Å². The molecule has 28 heavy (non-hydrogen) atoms. The Bertz CT molecular complexity index is 801. The van der Waals surface area contributed by atoms with Crippen molar-refractivity contribution in [3.8, 4) is 5.75 Å². The van der Waals surface area contributed by atoms with Gasteiger partial charge in [-0.05, 0) is 55.5 Å². The number of amides is 2. The van der Waals surface area contributed by atoms with Crippen LogP contribution in [0.1, 0.15) is 17.3 Å². The molecule has 0 aliphatic carbocycles. The highest BCUT2D eigenvalue weighted by atomic mass is 35.5. The normalized spacial score (nSPS) is 13.9. The molecule has 0 bridgehead atoms. The molecule has 2 aromatic rings. The lowest BCUT2D eigenvalue weighted by molar-refractivity contribution is -0.130. The second-order valence-electron chi connectivity index (χ2n) is 6.48. The van der Waals surface area contributed by atoms with Gasteiger partial charge in [0.15, 0.2) is 0 Å². The monoisotopic (exact) mass is 401 g/mol. The van der Waals surface area contributed by atoms with Gasteiger partial charge in [-0.2, -0.15) is 0 Å². The summed E-state index contributed by atoms with van der Waals surface area (Å²) in [6.07, 6.45) is 0. The summed E-state index contributed by atoms with van der Waals surface area (Å²) >= 11 is 5.93. The van der Waals surface area contributed by atoms with E-state index in [0.717, 1.165) is 18.8 Å². The number of hydrogen-bond donors (Lipinski definition) is 1. The molecular formula is C21H24ClN3O3. The number of rotatable bonds is 6. The van der Waals surface area contributed by atoms with E-state index in [-0.39, 0.29) is 18.4 Å². The zero-order valence-corrected chi connectivity index (χ0v) is 16.6. The fraction of sp³-hybridized carbons (Fsp3) is 0.333. The number of nitrogens with one attached hydrogen (secondary N) is 1. The number of piperazine rings is 1. The summed E-state index contributed by atoms with van der Waals surface area (Å²) in [5, 5.41) is 3.41. The zero-order valence-electron chi connectivity index (χ0n) is 15.9. The van der Waals surface area contributed by atoms with Crippen LogP contribution in [0.15, 0.2) is 48.5 Å². The van der Waals surface area contributed by atoms with Gasteiger partial charge in [-0.1, -0.05) is 11.6 Å². The third-order valence-electron chi connectivity index (χ3n) is 4.65. The van der Waals surface area contributed by atoms with Crippen LogP contribution in [-0.2, 0) is 4.79 Å². The zero-order chi connectivity index (χ0) is 19.9. The van der Waals surface area contributed by atoms with Crippen molar-refractivity contribution in [1.29, 1.82) is 0 Å². The third-order valence-corrected chi connectivity index (χ3v) is 4.90. The average Bonchev–Trinajstić information content (AvgIpc) is 2.73. The molecule has 0 saturated carbocycles. The average molecular weight is 402 g/mol. The number of ether oxygens (including phenoxy) is 1. The molecule has 1 aliphatic rings. The van der Waals surface area contributed by atoms with E-state index in [1.807, 2.05) is 31.2 Å². The molecule has 0 aromatic heterocycles. The molecule has 1 saturated heterocycles. The van der Waals surface area contributed by atoms with Gasteiger partial charge in [0.1, 0.15) is 5.75 Å². The Labute approximate surface area is 170 Å². The van der Waals surface area contributed by atoms with Crippen LogP contribution in [0, 0.1) is 0 Å². The summed E-state index contributed by atoms with van der Waals surface area (Å²) in [4.78, 5) is 28.6. The highest BCUT2D eigenvalue weighted by molar-refractivity contribution is 6.30. The van der Waals surface area contributed by atoms with Crippen LogP contribution in [0.4, 0.5) is 5.69 Å². The Balaban J connectivity index is 1.45. The van der Waals surface area contributed by atoms with Gasteiger partial charge in [-0.15, -0.1) is 0 Å².